The monoisotopic (exact) mass is 529 g/mol. The molecule has 30 heavy (non-hydrogen) atoms. The van der Waals surface area contributed by atoms with Crippen LogP contribution >= 0.6 is 24.0 Å². The number of methoxy groups -OCH3 is 1. The summed E-state index contributed by atoms with van der Waals surface area (Å²) in [5.74, 6) is 2.54. The first kappa shape index (κ1) is 25.7. The fourth-order valence-corrected chi connectivity index (χ4v) is 2.44. The van der Waals surface area contributed by atoms with E-state index in [1.54, 1.807) is 37.6 Å². The Morgan fingerprint density at radius 3 is 2.57 bits per heavy atom. The van der Waals surface area contributed by atoms with Crippen LogP contribution in [-0.4, -0.2) is 43.6 Å². The van der Waals surface area contributed by atoms with Gasteiger partial charge in [0.15, 0.2) is 5.96 Å². The summed E-state index contributed by atoms with van der Waals surface area (Å²) in [7, 11) is 1.57. The molecule has 0 saturated heterocycles. The van der Waals surface area contributed by atoms with E-state index in [4.69, 9.17) is 9.15 Å². The van der Waals surface area contributed by atoms with E-state index < -0.39 is 0 Å². The van der Waals surface area contributed by atoms with E-state index in [0.29, 0.717) is 42.8 Å². The zero-order valence-electron chi connectivity index (χ0n) is 18.2. The Labute approximate surface area is 195 Å². The average molecular weight is 529 g/mol. The molecule has 0 saturated carbocycles. The second-order valence-corrected chi connectivity index (χ2v) is 7.48. The van der Waals surface area contributed by atoms with Crippen molar-refractivity contribution >= 4 is 35.8 Å². The van der Waals surface area contributed by atoms with Gasteiger partial charge in [0.05, 0.1) is 13.3 Å². The topological polar surface area (TPSA) is 101 Å². The molecule has 8 nitrogen and oxygen atoms in total. The van der Waals surface area contributed by atoms with E-state index in [2.05, 4.69) is 46.7 Å². The number of nitrogens with zero attached hydrogens (tertiary/aromatic N) is 2. The van der Waals surface area contributed by atoms with Crippen LogP contribution in [0.2, 0.25) is 0 Å². The number of nitrogens with one attached hydrogen (secondary N) is 3. The number of amides is 1. The van der Waals surface area contributed by atoms with Gasteiger partial charge in [0.1, 0.15) is 18.1 Å². The lowest BCUT2D eigenvalue weighted by Gasteiger charge is -2.13. The largest absolute Gasteiger partial charge is 0.497 e. The number of halogens is 1. The van der Waals surface area contributed by atoms with Gasteiger partial charge in [-0.15, -0.1) is 24.0 Å². The third kappa shape index (κ3) is 8.21. The van der Waals surface area contributed by atoms with Crippen LogP contribution in [-0.2, 0) is 12.0 Å². The van der Waals surface area contributed by atoms with Crippen LogP contribution in [0.3, 0.4) is 0 Å². The highest BCUT2D eigenvalue weighted by molar-refractivity contribution is 14.0. The van der Waals surface area contributed by atoms with Crippen molar-refractivity contribution in [3.63, 3.8) is 0 Å². The standard InChI is InChI=1S/C21H31N5O3.HI/c1-6-22-20(26-14-18-25-13-17(29-18)21(2,3)4)24-11-10-23-19(27)15-8-7-9-16(12-15)28-5;/h7-9,12-13H,6,10-11,14H2,1-5H3,(H,23,27)(H2,22,24,26);1H. The third-order valence-corrected chi connectivity index (χ3v) is 4.04. The second-order valence-electron chi connectivity index (χ2n) is 7.48. The molecular formula is C21H32IN5O3. The number of aromatic nitrogens is 1. The Bertz CT molecular complexity index is 830. The average Bonchev–Trinajstić information content (AvgIpc) is 3.18. The normalized spacial score (nSPS) is 11.4. The number of hydrogen-bond donors (Lipinski definition) is 3. The summed E-state index contributed by atoms with van der Waals surface area (Å²) in [4.78, 5) is 21.0. The second kappa shape index (κ2) is 12.4. The SMILES string of the molecule is CCNC(=NCc1ncc(C(C)(C)C)o1)NCCNC(=O)c1cccc(OC)c1.I. The number of guanidine groups is 1. The van der Waals surface area contributed by atoms with Gasteiger partial charge in [-0.2, -0.15) is 0 Å². The molecule has 0 aliphatic rings. The van der Waals surface area contributed by atoms with Gasteiger partial charge in [-0.1, -0.05) is 26.8 Å². The number of aliphatic imine (C=N–C) groups is 1. The van der Waals surface area contributed by atoms with Gasteiger partial charge in [0.25, 0.3) is 5.91 Å². The minimum atomic E-state index is -0.151. The van der Waals surface area contributed by atoms with Gasteiger partial charge >= 0.3 is 0 Å². The van der Waals surface area contributed by atoms with Crippen molar-refractivity contribution in [2.75, 3.05) is 26.7 Å². The number of benzene rings is 1. The lowest BCUT2D eigenvalue weighted by atomic mass is 9.94. The van der Waals surface area contributed by atoms with Crippen molar-refractivity contribution in [2.45, 2.75) is 39.7 Å². The predicted octanol–water partition coefficient (Wildman–Crippen LogP) is 3.08. The van der Waals surface area contributed by atoms with Crippen LogP contribution in [0.25, 0.3) is 0 Å². The van der Waals surface area contributed by atoms with Gasteiger partial charge in [-0.25, -0.2) is 9.98 Å². The zero-order chi connectivity index (χ0) is 21.3. The summed E-state index contributed by atoms with van der Waals surface area (Å²) >= 11 is 0. The van der Waals surface area contributed by atoms with Gasteiger partial charge in [-0.3, -0.25) is 4.79 Å². The molecule has 2 rings (SSSR count). The third-order valence-electron chi connectivity index (χ3n) is 4.04. The molecule has 1 heterocycles. The van der Waals surface area contributed by atoms with Crippen molar-refractivity contribution in [3.05, 3.63) is 47.7 Å². The summed E-state index contributed by atoms with van der Waals surface area (Å²) in [6.45, 7) is 10.3. The molecule has 0 atom stereocenters. The van der Waals surface area contributed by atoms with E-state index >= 15 is 0 Å². The highest BCUT2D eigenvalue weighted by atomic mass is 127. The number of oxazole rings is 1. The fraction of sp³-hybridized carbons (Fsp3) is 0.476. The van der Waals surface area contributed by atoms with E-state index in [1.807, 2.05) is 6.92 Å². The molecule has 3 N–H and O–H groups in total. The minimum absolute atomic E-state index is 0. The van der Waals surface area contributed by atoms with Crippen molar-refractivity contribution in [3.8, 4) is 5.75 Å². The first-order chi connectivity index (χ1) is 13.8. The van der Waals surface area contributed by atoms with Crippen LogP contribution in [0.1, 0.15) is 49.7 Å². The first-order valence-corrected chi connectivity index (χ1v) is 9.73. The smallest absolute Gasteiger partial charge is 0.251 e. The van der Waals surface area contributed by atoms with Gasteiger partial charge in [-0.05, 0) is 25.1 Å². The Kier molecular flexibility index (Phi) is 10.6. The van der Waals surface area contributed by atoms with Crippen molar-refractivity contribution in [1.82, 2.24) is 20.9 Å². The quantitative estimate of drug-likeness (QED) is 0.210. The Morgan fingerprint density at radius 1 is 1.20 bits per heavy atom. The molecule has 166 valence electrons. The van der Waals surface area contributed by atoms with Gasteiger partial charge in [0, 0.05) is 30.6 Å². The Hall–Kier alpha value is -2.30. The van der Waals surface area contributed by atoms with Gasteiger partial charge in [0.2, 0.25) is 5.89 Å². The van der Waals surface area contributed by atoms with Crippen molar-refractivity contribution in [2.24, 2.45) is 4.99 Å². The molecule has 1 amide bonds. The number of rotatable bonds is 8. The molecule has 0 aliphatic carbocycles. The summed E-state index contributed by atoms with van der Waals surface area (Å²) in [5.41, 5.74) is 0.474. The van der Waals surface area contributed by atoms with Crippen LogP contribution in [0.5, 0.6) is 5.75 Å². The highest BCUT2D eigenvalue weighted by Crippen LogP contribution is 2.22. The minimum Gasteiger partial charge on any atom is -0.497 e. The molecule has 0 spiro atoms. The maximum Gasteiger partial charge on any atom is 0.251 e. The first-order valence-electron chi connectivity index (χ1n) is 9.73. The molecule has 1 aromatic carbocycles. The number of carbonyl (C=O) groups excluding carboxylic acids is 1. The molecule has 2 aromatic rings. The van der Waals surface area contributed by atoms with Crippen molar-refractivity contribution in [1.29, 1.82) is 0 Å². The maximum absolute atomic E-state index is 12.2. The fourth-order valence-electron chi connectivity index (χ4n) is 2.44. The highest BCUT2D eigenvalue weighted by Gasteiger charge is 2.19. The van der Waals surface area contributed by atoms with Crippen LogP contribution < -0.4 is 20.7 Å². The maximum atomic E-state index is 12.2. The lowest BCUT2D eigenvalue weighted by molar-refractivity contribution is 0.0954. The summed E-state index contributed by atoms with van der Waals surface area (Å²) < 4.78 is 10.9. The van der Waals surface area contributed by atoms with Crippen LogP contribution in [0.4, 0.5) is 0 Å². The van der Waals surface area contributed by atoms with E-state index in [-0.39, 0.29) is 35.3 Å². The summed E-state index contributed by atoms with van der Waals surface area (Å²) in [6.07, 6.45) is 1.75. The molecule has 0 aliphatic heterocycles. The molecule has 1 aromatic heterocycles. The van der Waals surface area contributed by atoms with E-state index in [9.17, 15) is 4.79 Å². The zero-order valence-corrected chi connectivity index (χ0v) is 20.6. The molecule has 0 radical (unpaired) electrons. The van der Waals surface area contributed by atoms with E-state index in [1.165, 1.54) is 0 Å². The Morgan fingerprint density at radius 2 is 1.93 bits per heavy atom. The molecule has 0 fully saturated rings. The molecular weight excluding hydrogens is 497 g/mol. The number of carbonyl (C=O) groups is 1. The number of hydrogen-bond acceptors (Lipinski definition) is 5. The molecule has 0 bridgehead atoms. The lowest BCUT2D eigenvalue weighted by Crippen LogP contribution is -2.41. The van der Waals surface area contributed by atoms with Crippen LogP contribution in [0.15, 0.2) is 39.9 Å². The Balaban J connectivity index is 0.00000450. The molecule has 9 heteroatoms. The van der Waals surface area contributed by atoms with E-state index in [0.717, 1.165) is 12.3 Å². The summed E-state index contributed by atoms with van der Waals surface area (Å²) in [5, 5.41) is 9.22. The molecule has 0 unspecified atom stereocenters. The number of ether oxygens (including phenoxy) is 1. The predicted molar refractivity (Wildman–Crippen MR) is 129 cm³/mol. The summed E-state index contributed by atoms with van der Waals surface area (Å²) in [6, 6.07) is 7.04. The van der Waals surface area contributed by atoms with Crippen molar-refractivity contribution < 1.29 is 13.9 Å². The van der Waals surface area contributed by atoms with Crippen LogP contribution in [0, 0.1) is 0 Å². The van der Waals surface area contributed by atoms with Gasteiger partial charge < -0.3 is 25.1 Å².